The molecule has 0 fully saturated rings. The Morgan fingerprint density at radius 1 is 1.00 bits per heavy atom. The quantitative estimate of drug-likeness (QED) is 0.882. The molecule has 1 atom stereocenters. The Bertz CT molecular complexity index is 569. The monoisotopic (exact) mass is 265 g/mol. The van der Waals surface area contributed by atoms with E-state index < -0.39 is 11.6 Å². The Kier molecular flexibility index (Phi) is 4.22. The molecule has 2 rings (SSSR count). The molecule has 0 aliphatic rings. The van der Waals surface area contributed by atoms with E-state index in [1.54, 1.807) is 12.1 Å². The summed E-state index contributed by atoms with van der Waals surface area (Å²) in [6.07, 6.45) is 0. The van der Waals surface area contributed by atoms with E-state index in [9.17, 15) is 13.2 Å². The van der Waals surface area contributed by atoms with Crippen LogP contribution in [0, 0.1) is 17.5 Å². The van der Waals surface area contributed by atoms with Crippen LogP contribution in [0.25, 0.3) is 0 Å². The number of nitrogens with one attached hydrogen (secondary N) is 1. The second-order valence-electron chi connectivity index (χ2n) is 4.39. The number of hydrogen-bond donors (Lipinski definition) is 1. The zero-order valence-electron chi connectivity index (χ0n) is 10.5. The molecule has 0 aromatic heterocycles. The summed E-state index contributed by atoms with van der Waals surface area (Å²) in [6, 6.07) is 9.35. The van der Waals surface area contributed by atoms with E-state index in [2.05, 4.69) is 5.32 Å². The van der Waals surface area contributed by atoms with E-state index in [1.807, 2.05) is 6.92 Å². The van der Waals surface area contributed by atoms with Gasteiger partial charge in [-0.3, -0.25) is 0 Å². The highest BCUT2D eigenvalue weighted by Crippen LogP contribution is 2.15. The van der Waals surface area contributed by atoms with Gasteiger partial charge in [0.25, 0.3) is 0 Å². The maximum absolute atomic E-state index is 13.4. The molecule has 0 saturated carbocycles. The smallest absolute Gasteiger partial charge is 0.127 e. The third-order valence-electron chi connectivity index (χ3n) is 2.96. The lowest BCUT2D eigenvalue weighted by molar-refractivity contribution is 0.532. The molecule has 4 heteroatoms. The lowest BCUT2D eigenvalue weighted by Crippen LogP contribution is -2.19. The van der Waals surface area contributed by atoms with Gasteiger partial charge >= 0.3 is 0 Å². The van der Waals surface area contributed by atoms with Crippen molar-refractivity contribution in [1.82, 2.24) is 5.32 Å². The predicted octanol–water partition coefficient (Wildman–Crippen LogP) is 3.95. The van der Waals surface area contributed by atoms with E-state index in [4.69, 9.17) is 0 Å². The van der Waals surface area contributed by atoms with Crippen molar-refractivity contribution in [2.75, 3.05) is 0 Å². The molecule has 100 valence electrons. The number of rotatable bonds is 4. The molecule has 19 heavy (non-hydrogen) atoms. The second-order valence-corrected chi connectivity index (χ2v) is 4.39. The second kappa shape index (κ2) is 5.89. The maximum atomic E-state index is 13.4. The molecule has 0 heterocycles. The molecular weight excluding hydrogens is 251 g/mol. The van der Waals surface area contributed by atoms with Crippen LogP contribution in [0.2, 0.25) is 0 Å². The molecule has 1 N–H and O–H groups in total. The first-order valence-corrected chi connectivity index (χ1v) is 5.99. The molecular formula is C15H14F3N. The first-order valence-electron chi connectivity index (χ1n) is 5.99. The van der Waals surface area contributed by atoms with Crippen molar-refractivity contribution < 1.29 is 13.2 Å². The highest BCUT2D eigenvalue weighted by Gasteiger charge is 2.08. The summed E-state index contributed by atoms with van der Waals surface area (Å²) in [5.41, 5.74) is 1.01. The van der Waals surface area contributed by atoms with Crippen molar-refractivity contribution in [2.45, 2.75) is 19.5 Å². The first kappa shape index (κ1) is 13.6. The molecule has 2 aromatic carbocycles. The summed E-state index contributed by atoms with van der Waals surface area (Å²) in [4.78, 5) is 0. The summed E-state index contributed by atoms with van der Waals surface area (Å²) in [5.74, 6) is -1.25. The van der Waals surface area contributed by atoms with Crippen LogP contribution in [0.5, 0.6) is 0 Å². The molecule has 0 bridgehead atoms. The van der Waals surface area contributed by atoms with Crippen molar-refractivity contribution in [2.24, 2.45) is 0 Å². The average Bonchev–Trinajstić information content (AvgIpc) is 2.39. The number of halogens is 3. The molecule has 0 aliphatic heterocycles. The average molecular weight is 265 g/mol. The molecule has 0 aliphatic carbocycles. The van der Waals surface area contributed by atoms with Crippen LogP contribution in [0.15, 0.2) is 42.5 Å². The van der Waals surface area contributed by atoms with Crippen LogP contribution in [-0.4, -0.2) is 0 Å². The third kappa shape index (κ3) is 3.58. The fourth-order valence-electron chi connectivity index (χ4n) is 1.84. The molecule has 0 radical (unpaired) electrons. The lowest BCUT2D eigenvalue weighted by Gasteiger charge is -2.14. The van der Waals surface area contributed by atoms with E-state index in [-0.39, 0.29) is 24.0 Å². The van der Waals surface area contributed by atoms with Gasteiger partial charge in [0.15, 0.2) is 0 Å². The highest BCUT2D eigenvalue weighted by molar-refractivity contribution is 5.21. The zero-order chi connectivity index (χ0) is 13.8. The topological polar surface area (TPSA) is 12.0 Å². The predicted molar refractivity (Wildman–Crippen MR) is 68.0 cm³/mol. The van der Waals surface area contributed by atoms with Crippen LogP contribution < -0.4 is 5.32 Å². The van der Waals surface area contributed by atoms with E-state index in [0.29, 0.717) is 0 Å². The largest absolute Gasteiger partial charge is 0.306 e. The molecule has 0 saturated heterocycles. The lowest BCUT2D eigenvalue weighted by atomic mass is 10.1. The minimum Gasteiger partial charge on any atom is -0.306 e. The summed E-state index contributed by atoms with van der Waals surface area (Å²) in [6.45, 7) is 2.02. The first-order chi connectivity index (χ1) is 9.06. The van der Waals surface area contributed by atoms with Gasteiger partial charge in [0.1, 0.15) is 17.5 Å². The van der Waals surface area contributed by atoms with Gasteiger partial charge in [0.2, 0.25) is 0 Å². The maximum Gasteiger partial charge on any atom is 0.127 e. The van der Waals surface area contributed by atoms with Gasteiger partial charge in [-0.1, -0.05) is 12.1 Å². The fraction of sp³-hybridized carbons (Fsp3) is 0.200. The Morgan fingerprint density at radius 2 is 1.74 bits per heavy atom. The Labute approximate surface area is 110 Å². The van der Waals surface area contributed by atoms with Crippen LogP contribution in [0.1, 0.15) is 24.1 Å². The van der Waals surface area contributed by atoms with Crippen LogP contribution >= 0.6 is 0 Å². The third-order valence-corrected chi connectivity index (χ3v) is 2.96. The number of benzene rings is 2. The van der Waals surface area contributed by atoms with Gasteiger partial charge < -0.3 is 5.32 Å². The SMILES string of the molecule is C[C@@H](NCc1cc(F)ccc1F)c1cccc(F)c1. The van der Waals surface area contributed by atoms with Crippen molar-refractivity contribution in [3.05, 3.63) is 71.0 Å². The Hall–Kier alpha value is -1.81. The Balaban J connectivity index is 2.04. The number of hydrogen-bond acceptors (Lipinski definition) is 1. The summed E-state index contributed by atoms with van der Waals surface area (Å²) < 4.78 is 39.5. The van der Waals surface area contributed by atoms with Crippen LogP contribution in [0.3, 0.4) is 0 Å². The van der Waals surface area contributed by atoms with Crippen LogP contribution in [0.4, 0.5) is 13.2 Å². The molecule has 0 spiro atoms. The zero-order valence-corrected chi connectivity index (χ0v) is 10.5. The molecule has 1 nitrogen and oxygen atoms in total. The summed E-state index contributed by atoms with van der Waals surface area (Å²) >= 11 is 0. The van der Waals surface area contributed by atoms with E-state index in [1.165, 1.54) is 12.1 Å². The van der Waals surface area contributed by atoms with Gasteiger partial charge in [-0.2, -0.15) is 0 Å². The highest BCUT2D eigenvalue weighted by atomic mass is 19.1. The van der Waals surface area contributed by atoms with Gasteiger partial charge in [-0.25, -0.2) is 13.2 Å². The minimum atomic E-state index is -0.475. The van der Waals surface area contributed by atoms with Gasteiger partial charge in [-0.15, -0.1) is 0 Å². The minimum absolute atomic E-state index is 0.154. The van der Waals surface area contributed by atoms with E-state index >= 15 is 0 Å². The van der Waals surface area contributed by atoms with E-state index in [0.717, 1.165) is 23.8 Å². The van der Waals surface area contributed by atoms with Gasteiger partial charge in [-0.05, 0) is 42.8 Å². The van der Waals surface area contributed by atoms with Crippen molar-refractivity contribution in [3.63, 3.8) is 0 Å². The van der Waals surface area contributed by atoms with Crippen LogP contribution in [-0.2, 0) is 6.54 Å². The normalized spacial score (nSPS) is 12.4. The van der Waals surface area contributed by atoms with Gasteiger partial charge in [0.05, 0.1) is 0 Å². The van der Waals surface area contributed by atoms with Crippen molar-refractivity contribution in [3.8, 4) is 0 Å². The van der Waals surface area contributed by atoms with Crippen molar-refractivity contribution in [1.29, 1.82) is 0 Å². The summed E-state index contributed by atoms with van der Waals surface area (Å²) in [7, 11) is 0. The molecule has 0 unspecified atom stereocenters. The molecule has 0 amide bonds. The molecule has 2 aromatic rings. The summed E-state index contributed by atoms with van der Waals surface area (Å²) in [5, 5.41) is 3.04. The standard InChI is InChI=1S/C15H14F3N/c1-10(11-3-2-4-13(16)7-11)19-9-12-8-14(17)5-6-15(12)18/h2-8,10,19H,9H2,1H3/t10-/m1/s1. The fourth-order valence-corrected chi connectivity index (χ4v) is 1.84. The van der Waals surface area contributed by atoms with Crippen molar-refractivity contribution >= 4 is 0 Å². The Morgan fingerprint density at radius 3 is 2.47 bits per heavy atom. The van der Waals surface area contributed by atoms with Gasteiger partial charge in [0, 0.05) is 18.2 Å².